The van der Waals surface area contributed by atoms with Gasteiger partial charge in [-0.1, -0.05) is 67.5 Å². The highest BCUT2D eigenvalue weighted by molar-refractivity contribution is 5.24. The largest absolute Gasteiger partial charge is 0.261 e. The van der Waals surface area contributed by atoms with Crippen LogP contribution in [-0.4, -0.2) is 9.97 Å². The van der Waals surface area contributed by atoms with Crippen LogP contribution in [0.4, 0.5) is 0 Å². The van der Waals surface area contributed by atoms with Gasteiger partial charge in [-0.3, -0.25) is 9.97 Å². The third-order valence-corrected chi connectivity index (χ3v) is 5.41. The summed E-state index contributed by atoms with van der Waals surface area (Å²) in [6, 6.07) is 10.9. The van der Waals surface area contributed by atoms with Crippen LogP contribution in [-0.2, 0) is 10.8 Å². The minimum absolute atomic E-state index is 0.0961. The van der Waals surface area contributed by atoms with Crippen molar-refractivity contribution in [2.75, 3.05) is 0 Å². The summed E-state index contributed by atoms with van der Waals surface area (Å²) in [7, 11) is 0. The fourth-order valence-electron chi connectivity index (χ4n) is 3.16. The Bertz CT molecular complexity index is 706. The molecule has 1 unspecified atom stereocenters. The van der Waals surface area contributed by atoms with Crippen LogP contribution in [0.1, 0.15) is 103 Å². The topological polar surface area (TPSA) is 25.8 Å². The molecule has 2 aromatic heterocycles. The number of aromatic nitrogens is 2. The SMILES string of the molecule is CC(C)c1ccc(C(C)(C)CCC(C)c2cccc(C(C)(C)C)n2)cn1. The van der Waals surface area contributed by atoms with E-state index in [-0.39, 0.29) is 10.8 Å². The molecule has 2 aromatic rings. The summed E-state index contributed by atoms with van der Waals surface area (Å²) in [4.78, 5) is 9.59. The van der Waals surface area contributed by atoms with Gasteiger partial charge in [-0.05, 0) is 53.9 Å². The Hall–Kier alpha value is -1.70. The van der Waals surface area contributed by atoms with Crippen LogP contribution in [0.5, 0.6) is 0 Å². The van der Waals surface area contributed by atoms with Gasteiger partial charge in [-0.25, -0.2) is 0 Å². The summed E-state index contributed by atoms with van der Waals surface area (Å²) in [6.45, 7) is 18.0. The van der Waals surface area contributed by atoms with E-state index in [1.54, 1.807) is 0 Å². The molecular formula is C24H36N2. The monoisotopic (exact) mass is 352 g/mol. The molecule has 142 valence electrons. The lowest BCUT2D eigenvalue weighted by molar-refractivity contribution is 0.434. The van der Waals surface area contributed by atoms with E-state index in [9.17, 15) is 0 Å². The summed E-state index contributed by atoms with van der Waals surface area (Å²) >= 11 is 0. The van der Waals surface area contributed by atoms with Crippen molar-refractivity contribution in [2.45, 2.75) is 90.9 Å². The average Bonchev–Trinajstić information content (AvgIpc) is 2.59. The Morgan fingerprint density at radius 2 is 1.58 bits per heavy atom. The van der Waals surface area contributed by atoms with Gasteiger partial charge in [-0.2, -0.15) is 0 Å². The van der Waals surface area contributed by atoms with Crippen molar-refractivity contribution in [3.8, 4) is 0 Å². The van der Waals surface area contributed by atoms with Crippen molar-refractivity contribution in [2.24, 2.45) is 0 Å². The molecule has 2 heterocycles. The molecule has 0 saturated heterocycles. The zero-order valence-corrected chi connectivity index (χ0v) is 17.9. The highest BCUT2D eigenvalue weighted by Crippen LogP contribution is 2.33. The molecule has 0 aromatic carbocycles. The van der Waals surface area contributed by atoms with E-state index < -0.39 is 0 Å². The number of hydrogen-bond donors (Lipinski definition) is 0. The van der Waals surface area contributed by atoms with E-state index >= 15 is 0 Å². The van der Waals surface area contributed by atoms with E-state index in [1.165, 1.54) is 22.6 Å². The molecule has 0 aliphatic heterocycles. The minimum atomic E-state index is 0.0961. The number of rotatable bonds is 6. The van der Waals surface area contributed by atoms with E-state index in [1.807, 2.05) is 0 Å². The lowest BCUT2D eigenvalue weighted by atomic mass is 9.79. The van der Waals surface area contributed by atoms with Gasteiger partial charge in [0.25, 0.3) is 0 Å². The van der Waals surface area contributed by atoms with Gasteiger partial charge in [-0.15, -0.1) is 0 Å². The van der Waals surface area contributed by atoms with Crippen molar-refractivity contribution < 1.29 is 0 Å². The molecule has 2 rings (SSSR count). The molecule has 0 spiro atoms. The molecule has 0 saturated carbocycles. The summed E-state index contributed by atoms with van der Waals surface area (Å²) < 4.78 is 0. The second-order valence-electron chi connectivity index (χ2n) is 9.65. The fraction of sp³-hybridized carbons (Fsp3) is 0.583. The van der Waals surface area contributed by atoms with Crippen LogP contribution in [0, 0.1) is 0 Å². The molecule has 26 heavy (non-hydrogen) atoms. The van der Waals surface area contributed by atoms with Crippen LogP contribution in [0.15, 0.2) is 36.5 Å². The minimum Gasteiger partial charge on any atom is -0.261 e. The zero-order chi connectivity index (χ0) is 19.5. The Labute approximate surface area is 160 Å². The lowest BCUT2D eigenvalue weighted by Crippen LogP contribution is -2.19. The molecule has 0 bridgehead atoms. The quantitative estimate of drug-likeness (QED) is 0.574. The van der Waals surface area contributed by atoms with Crippen LogP contribution in [0.3, 0.4) is 0 Å². The molecule has 0 radical (unpaired) electrons. The molecule has 0 amide bonds. The van der Waals surface area contributed by atoms with Crippen molar-refractivity contribution in [1.82, 2.24) is 9.97 Å². The molecular weight excluding hydrogens is 316 g/mol. The van der Waals surface area contributed by atoms with E-state index in [2.05, 4.69) is 96.9 Å². The van der Waals surface area contributed by atoms with Gasteiger partial charge in [0, 0.05) is 28.7 Å². The Morgan fingerprint density at radius 3 is 2.12 bits per heavy atom. The van der Waals surface area contributed by atoms with Crippen molar-refractivity contribution in [3.05, 3.63) is 59.2 Å². The smallest absolute Gasteiger partial charge is 0.0460 e. The number of pyridine rings is 2. The first kappa shape index (κ1) is 20.6. The first-order chi connectivity index (χ1) is 12.0. The van der Waals surface area contributed by atoms with Crippen molar-refractivity contribution in [1.29, 1.82) is 0 Å². The van der Waals surface area contributed by atoms with Gasteiger partial charge in [0.15, 0.2) is 0 Å². The summed E-state index contributed by atoms with van der Waals surface area (Å²) in [5, 5.41) is 0. The summed E-state index contributed by atoms with van der Waals surface area (Å²) in [5.74, 6) is 0.938. The second kappa shape index (κ2) is 7.90. The Balaban J connectivity index is 2.06. The second-order valence-corrected chi connectivity index (χ2v) is 9.65. The molecule has 2 heteroatoms. The highest BCUT2D eigenvalue weighted by atomic mass is 14.7. The zero-order valence-electron chi connectivity index (χ0n) is 17.9. The first-order valence-corrected chi connectivity index (χ1v) is 9.94. The predicted molar refractivity (Wildman–Crippen MR) is 112 cm³/mol. The maximum atomic E-state index is 4.94. The summed E-state index contributed by atoms with van der Waals surface area (Å²) in [6.07, 6.45) is 4.32. The molecule has 0 aliphatic carbocycles. The molecule has 0 N–H and O–H groups in total. The van der Waals surface area contributed by atoms with Crippen LogP contribution >= 0.6 is 0 Å². The average molecular weight is 353 g/mol. The van der Waals surface area contributed by atoms with E-state index in [4.69, 9.17) is 4.98 Å². The van der Waals surface area contributed by atoms with Gasteiger partial charge >= 0.3 is 0 Å². The van der Waals surface area contributed by atoms with Crippen LogP contribution in [0.2, 0.25) is 0 Å². The van der Waals surface area contributed by atoms with Gasteiger partial charge in [0.1, 0.15) is 0 Å². The van der Waals surface area contributed by atoms with Gasteiger partial charge in [0.05, 0.1) is 0 Å². The first-order valence-electron chi connectivity index (χ1n) is 9.94. The lowest BCUT2D eigenvalue weighted by Gasteiger charge is -2.27. The van der Waals surface area contributed by atoms with E-state index in [0.717, 1.165) is 12.8 Å². The molecule has 2 nitrogen and oxygen atoms in total. The normalized spacial score (nSPS) is 13.9. The maximum Gasteiger partial charge on any atom is 0.0460 e. The van der Waals surface area contributed by atoms with E-state index in [0.29, 0.717) is 11.8 Å². The predicted octanol–water partition coefficient (Wildman–Crippen LogP) is 6.76. The summed E-state index contributed by atoms with van der Waals surface area (Å²) in [5.41, 5.74) is 5.10. The highest BCUT2D eigenvalue weighted by Gasteiger charge is 2.23. The van der Waals surface area contributed by atoms with Crippen LogP contribution in [0.25, 0.3) is 0 Å². The standard InChI is InChI=1S/C24H36N2/c1-17(2)20-13-12-19(16-25-20)24(7,8)15-14-18(3)21-10-9-11-22(26-21)23(4,5)6/h9-13,16-18H,14-15H2,1-8H3. The Morgan fingerprint density at radius 1 is 0.885 bits per heavy atom. The Kier molecular flexibility index (Phi) is 6.26. The van der Waals surface area contributed by atoms with Gasteiger partial charge < -0.3 is 0 Å². The third-order valence-electron chi connectivity index (χ3n) is 5.41. The van der Waals surface area contributed by atoms with Crippen molar-refractivity contribution in [3.63, 3.8) is 0 Å². The molecule has 0 fully saturated rings. The maximum absolute atomic E-state index is 4.94. The van der Waals surface area contributed by atoms with Gasteiger partial charge in [0.2, 0.25) is 0 Å². The third kappa shape index (κ3) is 5.16. The number of hydrogen-bond acceptors (Lipinski definition) is 2. The molecule has 1 atom stereocenters. The fourth-order valence-corrected chi connectivity index (χ4v) is 3.16. The number of nitrogens with zero attached hydrogens (tertiary/aromatic N) is 2. The van der Waals surface area contributed by atoms with Crippen molar-refractivity contribution >= 4 is 0 Å². The van der Waals surface area contributed by atoms with Crippen LogP contribution < -0.4 is 0 Å². The molecule has 0 aliphatic rings.